The Morgan fingerprint density at radius 3 is 2.57 bits per heavy atom. The van der Waals surface area contributed by atoms with Crippen LogP contribution in [0.3, 0.4) is 0 Å². The van der Waals surface area contributed by atoms with Crippen molar-refractivity contribution in [2.75, 3.05) is 44.3 Å². The third-order valence-corrected chi connectivity index (χ3v) is 5.47. The molecule has 6 nitrogen and oxygen atoms in total. The molecule has 4 rings (SSSR count). The van der Waals surface area contributed by atoms with Crippen LogP contribution in [-0.2, 0) is 11.3 Å². The number of likely N-dealkylation sites (tertiary alicyclic amines) is 1. The van der Waals surface area contributed by atoms with Gasteiger partial charge in [-0.1, -0.05) is 6.07 Å². The normalized spacial score (nSPS) is 19.1. The van der Waals surface area contributed by atoms with Gasteiger partial charge in [-0.05, 0) is 32.0 Å². The zero-order valence-corrected chi connectivity index (χ0v) is 15.7. The maximum atomic E-state index is 13.9. The van der Waals surface area contributed by atoms with Crippen LogP contribution in [0.15, 0.2) is 29.1 Å². The summed E-state index contributed by atoms with van der Waals surface area (Å²) in [5.74, 6) is -0.247. The standard InChI is InChI=1S/C20H24F2N4O2/c21-16-2-1-15(17(22)11-16)13-25-5-3-14(4-6-25)18-12-19(27)24-20(23-18)26-7-9-28-10-8-26/h1-2,11-12,14H,3-10,13H2,(H,23,24,27). The first-order valence-corrected chi connectivity index (χ1v) is 9.69. The molecule has 1 aromatic heterocycles. The maximum Gasteiger partial charge on any atom is 0.252 e. The molecule has 3 heterocycles. The molecule has 8 heteroatoms. The first-order valence-electron chi connectivity index (χ1n) is 9.69. The summed E-state index contributed by atoms with van der Waals surface area (Å²) in [6, 6.07) is 5.31. The molecule has 1 N–H and O–H groups in total. The van der Waals surface area contributed by atoms with Gasteiger partial charge in [0.1, 0.15) is 11.6 Å². The van der Waals surface area contributed by atoms with Crippen molar-refractivity contribution in [3.63, 3.8) is 0 Å². The van der Waals surface area contributed by atoms with E-state index < -0.39 is 11.6 Å². The number of hydrogen-bond acceptors (Lipinski definition) is 5. The van der Waals surface area contributed by atoms with Crippen LogP contribution in [0.25, 0.3) is 0 Å². The first-order chi connectivity index (χ1) is 13.6. The van der Waals surface area contributed by atoms with Gasteiger partial charge in [-0.2, -0.15) is 0 Å². The van der Waals surface area contributed by atoms with Gasteiger partial charge < -0.3 is 9.64 Å². The van der Waals surface area contributed by atoms with Gasteiger partial charge in [-0.25, -0.2) is 13.8 Å². The van der Waals surface area contributed by atoms with E-state index in [-0.39, 0.29) is 11.5 Å². The van der Waals surface area contributed by atoms with Crippen molar-refractivity contribution in [1.29, 1.82) is 0 Å². The van der Waals surface area contributed by atoms with Crippen LogP contribution in [-0.4, -0.2) is 54.3 Å². The molecule has 28 heavy (non-hydrogen) atoms. The highest BCUT2D eigenvalue weighted by Gasteiger charge is 2.24. The molecule has 2 aromatic rings. The van der Waals surface area contributed by atoms with E-state index in [0.29, 0.717) is 44.4 Å². The average Bonchev–Trinajstić information content (AvgIpc) is 2.71. The number of hydrogen-bond donors (Lipinski definition) is 1. The van der Waals surface area contributed by atoms with Gasteiger partial charge >= 0.3 is 0 Å². The monoisotopic (exact) mass is 390 g/mol. The summed E-state index contributed by atoms with van der Waals surface area (Å²) < 4.78 is 32.3. The van der Waals surface area contributed by atoms with Crippen LogP contribution in [0.5, 0.6) is 0 Å². The lowest BCUT2D eigenvalue weighted by Crippen LogP contribution is -2.39. The van der Waals surface area contributed by atoms with Crippen molar-refractivity contribution in [2.45, 2.75) is 25.3 Å². The van der Waals surface area contributed by atoms with Crippen molar-refractivity contribution >= 4 is 5.95 Å². The van der Waals surface area contributed by atoms with Gasteiger partial charge in [0.25, 0.3) is 5.56 Å². The van der Waals surface area contributed by atoms with Crippen molar-refractivity contribution in [3.8, 4) is 0 Å². The molecule has 0 radical (unpaired) electrons. The molecule has 2 aliphatic rings. The Balaban J connectivity index is 1.40. The Kier molecular flexibility index (Phi) is 5.68. The van der Waals surface area contributed by atoms with E-state index in [1.54, 1.807) is 6.07 Å². The highest BCUT2D eigenvalue weighted by atomic mass is 19.1. The number of aromatic nitrogens is 2. The number of piperidine rings is 1. The largest absolute Gasteiger partial charge is 0.378 e. The molecule has 0 bridgehead atoms. The van der Waals surface area contributed by atoms with Crippen LogP contribution in [0.2, 0.25) is 0 Å². The predicted molar refractivity (Wildman–Crippen MR) is 101 cm³/mol. The Hall–Kier alpha value is -2.32. The topological polar surface area (TPSA) is 61.5 Å². The molecule has 0 amide bonds. The molecule has 2 saturated heterocycles. The van der Waals surface area contributed by atoms with Gasteiger partial charge in [0, 0.05) is 43.2 Å². The minimum Gasteiger partial charge on any atom is -0.378 e. The molecule has 2 aliphatic heterocycles. The number of ether oxygens (including phenoxy) is 1. The van der Waals surface area contributed by atoms with E-state index in [1.807, 2.05) is 4.90 Å². The number of nitrogens with zero attached hydrogens (tertiary/aromatic N) is 3. The van der Waals surface area contributed by atoms with Crippen LogP contribution >= 0.6 is 0 Å². The van der Waals surface area contributed by atoms with Crippen LogP contribution in [0, 0.1) is 11.6 Å². The van der Waals surface area contributed by atoms with Crippen molar-refractivity contribution in [3.05, 3.63) is 57.5 Å². The summed E-state index contributed by atoms with van der Waals surface area (Å²) in [5.41, 5.74) is 1.18. The van der Waals surface area contributed by atoms with Gasteiger partial charge in [0.15, 0.2) is 0 Å². The molecule has 150 valence electrons. The van der Waals surface area contributed by atoms with Gasteiger partial charge in [-0.15, -0.1) is 0 Å². The minimum absolute atomic E-state index is 0.137. The Bertz CT molecular complexity index is 875. The fourth-order valence-corrected chi connectivity index (χ4v) is 3.87. The Labute approximate surface area is 162 Å². The Morgan fingerprint density at radius 1 is 1.11 bits per heavy atom. The summed E-state index contributed by atoms with van der Waals surface area (Å²) in [5, 5.41) is 0. The van der Waals surface area contributed by atoms with E-state index in [1.165, 1.54) is 12.1 Å². The van der Waals surface area contributed by atoms with E-state index >= 15 is 0 Å². The summed E-state index contributed by atoms with van der Waals surface area (Å²) in [4.78, 5) is 23.9. The van der Waals surface area contributed by atoms with Crippen molar-refractivity contribution in [2.24, 2.45) is 0 Å². The molecular weight excluding hydrogens is 366 g/mol. The van der Waals surface area contributed by atoms with Gasteiger partial charge in [0.2, 0.25) is 5.95 Å². The zero-order chi connectivity index (χ0) is 19.5. The summed E-state index contributed by atoms with van der Waals surface area (Å²) in [7, 11) is 0. The molecular formula is C20H24F2N4O2. The van der Waals surface area contributed by atoms with E-state index in [0.717, 1.165) is 37.7 Å². The predicted octanol–water partition coefficient (Wildman–Crippen LogP) is 2.26. The first kappa shape index (κ1) is 19.0. The number of anilines is 1. The fraction of sp³-hybridized carbons (Fsp3) is 0.500. The second kappa shape index (κ2) is 8.36. The van der Waals surface area contributed by atoms with E-state index in [2.05, 4.69) is 9.88 Å². The Morgan fingerprint density at radius 2 is 1.86 bits per heavy atom. The zero-order valence-electron chi connectivity index (χ0n) is 15.7. The fourth-order valence-electron chi connectivity index (χ4n) is 3.87. The van der Waals surface area contributed by atoms with Crippen LogP contribution < -0.4 is 10.5 Å². The lowest BCUT2D eigenvalue weighted by Gasteiger charge is -2.32. The highest BCUT2D eigenvalue weighted by Crippen LogP contribution is 2.28. The number of rotatable bonds is 4. The van der Waals surface area contributed by atoms with Crippen molar-refractivity contribution < 1.29 is 13.5 Å². The minimum atomic E-state index is -0.559. The van der Waals surface area contributed by atoms with Crippen LogP contribution in [0.4, 0.5) is 14.7 Å². The maximum absolute atomic E-state index is 13.9. The molecule has 1 aromatic carbocycles. The molecule has 0 saturated carbocycles. The molecule has 0 spiro atoms. The number of H-pyrrole nitrogens is 1. The summed E-state index contributed by atoms with van der Waals surface area (Å²) in [6.07, 6.45) is 1.70. The lowest BCUT2D eigenvalue weighted by molar-refractivity contribution is 0.122. The molecule has 0 unspecified atom stereocenters. The molecule has 2 fully saturated rings. The molecule has 0 aliphatic carbocycles. The highest BCUT2D eigenvalue weighted by molar-refractivity contribution is 5.31. The summed E-state index contributed by atoms with van der Waals surface area (Å²) in [6.45, 7) is 4.72. The SMILES string of the molecule is O=c1cc(C2CCN(Cc3ccc(F)cc3F)CC2)nc(N2CCOCC2)[nH]1. The van der Waals surface area contributed by atoms with E-state index in [4.69, 9.17) is 9.72 Å². The van der Waals surface area contributed by atoms with Crippen LogP contribution in [0.1, 0.15) is 30.0 Å². The van der Waals surface area contributed by atoms with Gasteiger partial charge in [0.05, 0.1) is 18.9 Å². The average molecular weight is 390 g/mol. The number of morpholine rings is 1. The summed E-state index contributed by atoms with van der Waals surface area (Å²) >= 11 is 0. The third kappa shape index (κ3) is 4.39. The van der Waals surface area contributed by atoms with Gasteiger partial charge in [-0.3, -0.25) is 14.7 Å². The second-order valence-corrected chi connectivity index (χ2v) is 7.38. The number of benzene rings is 1. The van der Waals surface area contributed by atoms with E-state index in [9.17, 15) is 13.6 Å². The number of nitrogens with one attached hydrogen (secondary N) is 1. The second-order valence-electron chi connectivity index (χ2n) is 7.38. The smallest absolute Gasteiger partial charge is 0.252 e. The quantitative estimate of drug-likeness (QED) is 0.868. The number of aromatic amines is 1. The lowest BCUT2D eigenvalue weighted by atomic mass is 9.93. The molecule has 0 atom stereocenters. The third-order valence-electron chi connectivity index (χ3n) is 5.47. The van der Waals surface area contributed by atoms with Crippen molar-refractivity contribution in [1.82, 2.24) is 14.9 Å². The number of halogens is 2.